The van der Waals surface area contributed by atoms with E-state index in [-0.39, 0.29) is 0 Å². The van der Waals surface area contributed by atoms with Crippen LogP contribution < -0.4 is 0 Å². The summed E-state index contributed by atoms with van der Waals surface area (Å²) in [6.07, 6.45) is 8.69. The molecule has 0 aromatic carbocycles. The molecule has 0 amide bonds. The molecule has 0 aromatic heterocycles. The van der Waals surface area contributed by atoms with Crippen molar-refractivity contribution in [2.75, 3.05) is 0 Å². The lowest BCUT2D eigenvalue weighted by Crippen LogP contribution is -2.32. The van der Waals surface area contributed by atoms with Crippen LogP contribution in [0.15, 0.2) is 0 Å². The molecule has 0 nitrogen and oxygen atoms in total. The van der Waals surface area contributed by atoms with E-state index in [0.717, 1.165) is 11.8 Å². The molecule has 0 aliphatic heterocycles. The highest BCUT2D eigenvalue weighted by molar-refractivity contribution is 4.91. The summed E-state index contributed by atoms with van der Waals surface area (Å²) < 4.78 is 0. The maximum atomic E-state index is 2.47. The molecule has 1 saturated carbocycles. The van der Waals surface area contributed by atoms with E-state index in [4.69, 9.17) is 0 Å². The van der Waals surface area contributed by atoms with Crippen molar-refractivity contribution in [2.45, 2.75) is 66.2 Å². The molecule has 1 aliphatic carbocycles. The van der Waals surface area contributed by atoms with Crippen LogP contribution in [-0.4, -0.2) is 0 Å². The number of rotatable bonds is 4. The van der Waals surface area contributed by atoms with Crippen LogP contribution >= 0.6 is 0 Å². The summed E-state index contributed by atoms with van der Waals surface area (Å²) in [6, 6.07) is 0. The van der Waals surface area contributed by atoms with Gasteiger partial charge in [-0.05, 0) is 30.1 Å². The van der Waals surface area contributed by atoms with Crippen molar-refractivity contribution in [3.05, 3.63) is 0 Å². The van der Waals surface area contributed by atoms with Crippen molar-refractivity contribution < 1.29 is 0 Å². The van der Waals surface area contributed by atoms with Gasteiger partial charge in [-0.15, -0.1) is 0 Å². The normalized spacial score (nSPS) is 25.8. The van der Waals surface area contributed by atoms with Crippen LogP contribution in [0.5, 0.6) is 0 Å². The first-order valence-electron chi connectivity index (χ1n) is 6.17. The second-order valence-corrected chi connectivity index (χ2v) is 5.06. The average Bonchev–Trinajstić information content (AvgIpc) is 2.65. The van der Waals surface area contributed by atoms with Crippen molar-refractivity contribution >= 4 is 0 Å². The lowest BCUT2D eigenvalue weighted by Gasteiger charge is -2.40. The van der Waals surface area contributed by atoms with Gasteiger partial charge in [0.05, 0.1) is 0 Å². The van der Waals surface area contributed by atoms with Gasteiger partial charge in [-0.25, -0.2) is 0 Å². The lowest BCUT2D eigenvalue weighted by molar-refractivity contribution is 0.0911. The largest absolute Gasteiger partial charge is 0.0651 e. The summed E-state index contributed by atoms with van der Waals surface area (Å²) in [7, 11) is 0. The molecule has 1 aliphatic rings. The quantitative estimate of drug-likeness (QED) is 0.594. The Labute approximate surface area is 84.1 Å². The van der Waals surface area contributed by atoms with Gasteiger partial charge >= 0.3 is 0 Å². The summed E-state index contributed by atoms with van der Waals surface area (Å²) >= 11 is 0. The van der Waals surface area contributed by atoms with Crippen LogP contribution in [-0.2, 0) is 0 Å². The minimum atomic E-state index is 0.712. The van der Waals surface area contributed by atoms with Gasteiger partial charge in [0, 0.05) is 0 Å². The maximum absolute atomic E-state index is 2.47. The van der Waals surface area contributed by atoms with Gasteiger partial charge in [0.25, 0.3) is 0 Å². The van der Waals surface area contributed by atoms with Crippen LogP contribution in [0.25, 0.3) is 0 Å². The van der Waals surface area contributed by atoms with E-state index in [0.29, 0.717) is 5.41 Å². The minimum absolute atomic E-state index is 0.712. The molecule has 0 N–H and O–H groups in total. The third-order valence-electron chi connectivity index (χ3n) is 4.72. The summed E-state index contributed by atoms with van der Waals surface area (Å²) in [5.41, 5.74) is 0.712. The smallest absolute Gasteiger partial charge is 0.0246 e. The molecule has 2 atom stereocenters. The predicted octanol–water partition coefficient (Wildman–Crippen LogP) is 4.64. The number of hydrogen-bond donors (Lipinski definition) is 0. The second kappa shape index (κ2) is 4.48. The van der Waals surface area contributed by atoms with Crippen LogP contribution in [0.2, 0.25) is 0 Å². The Kier molecular flexibility index (Phi) is 3.82. The molecule has 0 heterocycles. The molecule has 1 rings (SSSR count). The zero-order valence-corrected chi connectivity index (χ0v) is 9.90. The topological polar surface area (TPSA) is 0 Å². The fourth-order valence-corrected chi connectivity index (χ4v) is 3.32. The van der Waals surface area contributed by atoms with Crippen molar-refractivity contribution in [3.8, 4) is 0 Å². The zero-order chi connectivity index (χ0) is 9.90. The highest BCUT2D eigenvalue weighted by atomic mass is 14.5. The van der Waals surface area contributed by atoms with Crippen LogP contribution in [0.3, 0.4) is 0 Å². The molecular weight excluding hydrogens is 156 g/mol. The Balaban J connectivity index is 2.73. The van der Waals surface area contributed by atoms with E-state index in [2.05, 4.69) is 27.7 Å². The average molecular weight is 182 g/mol. The fraction of sp³-hybridized carbons (Fsp3) is 1.00. The molecule has 0 spiro atoms. The molecule has 13 heavy (non-hydrogen) atoms. The summed E-state index contributed by atoms with van der Waals surface area (Å²) in [5, 5.41) is 0. The second-order valence-electron chi connectivity index (χ2n) is 5.06. The zero-order valence-electron chi connectivity index (χ0n) is 9.90. The molecule has 78 valence electrons. The summed E-state index contributed by atoms with van der Waals surface area (Å²) in [4.78, 5) is 0. The van der Waals surface area contributed by atoms with Crippen molar-refractivity contribution in [1.29, 1.82) is 0 Å². The Morgan fingerprint density at radius 2 is 1.31 bits per heavy atom. The SMILES string of the molecule is CCC(C)C1(C(C)CC)CCCC1. The van der Waals surface area contributed by atoms with Gasteiger partial charge in [0.1, 0.15) is 0 Å². The Morgan fingerprint density at radius 1 is 0.923 bits per heavy atom. The molecule has 1 fully saturated rings. The van der Waals surface area contributed by atoms with Gasteiger partial charge in [-0.1, -0.05) is 53.4 Å². The van der Waals surface area contributed by atoms with E-state index < -0.39 is 0 Å². The number of hydrogen-bond acceptors (Lipinski definition) is 0. The van der Waals surface area contributed by atoms with Crippen molar-refractivity contribution in [2.24, 2.45) is 17.3 Å². The minimum Gasteiger partial charge on any atom is -0.0651 e. The van der Waals surface area contributed by atoms with Gasteiger partial charge in [0.2, 0.25) is 0 Å². The Hall–Kier alpha value is 0. The van der Waals surface area contributed by atoms with Crippen molar-refractivity contribution in [1.82, 2.24) is 0 Å². The highest BCUT2D eigenvalue weighted by Crippen LogP contribution is 2.51. The van der Waals surface area contributed by atoms with E-state index in [1.807, 2.05) is 0 Å². The third-order valence-corrected chi connectivity index (χ3v) is 4.72. The summed E-state index contributed by atoms with van der Waals surface area (Å²) in [6.45, 7) is 9.65. The van der Waals surface area contributed by atoms with Gasteiger partial charge < -0.3 is 0 Å². The Morgan fingerprint density at radius 3 is 1.62 bits per heavy atom. The Bertz CT molecular complexity index is 130. The third kappa shape index (κ3) is 1.92. The molecule has 2 unspecified atom stereocenters. The molecule has 0 aromatic rings. The summed E-state index contributed by atoms with van der Waals surface area (Å²) in [5.74, 6) is 1.87. The van der Waals surface area contributed by atoms with E-state index in [1.54, 1.807) is 0 Å². The van der Waals surface area contributed by atoms with Crippen molar-refractivity contribution in [3.63, 3.8) is 0 Å². The van der Waals surface area contributed by atoms with Crippen LogP contribution in [0.4, 0.5) is 0 Å². The van der Waals surface area contributed by atoms with E-state index in [9.17, 15) is 0 Å². The monoisotopic (exact) mass is 182 g/mol. The van der Waals surface area contributed by atoms with Crippen LogP contribution in [0.1, 0.15) is 66.2 Å². The van der Waals surface area contributed by atoms with Gasteiger partial charge in [0.15, 0.2) is 0 Å². The van der Waals surface area contributed by atoms with Crippen LogP contribution in [0, 0.1) is 17.3 Å². The first kappa shape index (κ1) is 11.1. The van der Waals surface area contributed by atoms with Gasteiger partial charge in [-0.3, -0.25) is 0 Å². The standard InChI is InChI=1S/C13H26/c1-5-11(3)13(12(4)6-2)9-7-8-10-13/h11-12H,5-10H2,1-4H3. The fourth-order valence-electron chi connectivity index (χ4n) is 3.32. The molecule has 0 bridgehead atoms. The molecule has 0 heteroatoms. The first-order chi connectivity index (χ1) is 6.17. The predicted molar refractivity (Wildman–Crippen MR) is 59.8 cm³/mol. The maximum Gasteiger partial charge on any atom is -0.0246 e. The molecular formula is C13H26. The lowest BCUT2D eigenvalue weighted by atomic mass is 9.65. The molecule has 0 radical (unpaired) electrons. The van der Waals surface area contributed by atoms with E-state index >= 15 is 0 Å². The van der Waals surface area contributed by atoms with Gasteiger partial charge in [-0.2, -0.15) is 0 Å². The first-order valence-corrected chi connectivity index (χ1v) is 6.17. The highest BCUT2D eigenvalue weighted by Gasteiger charge is 2.41. The van der Waals surface area contributed by atoms with E-state index in [1.165, 1.54) is 38.5 Å². The molecule has 0 saturated heterocycles.